The normalized spacial score (nSPS) is 12.0. The Morgan fingerprint density at radius 2 is 1.87 bits per heavy atom. The summed E-state index contributed by atoms with van der Waals surface area (Å²) in [4.78, 5) is 12.0. The maximum Gasteiger partial charge on any atom is 0.339 e. The number of benzene rings is 2. The van der Waals surface area contributed by atoms with Crippen LogP contribution in [0.1, 0.15) is 17.3 Å². The second-order valence-corrected chi connectivity index (χ2v) is 6.36. The van der Waals surface area contributed by atoms with Crippen LogP contribution in [0.2, 0.25) is 0 Å². The third kappa shape index (κ3) is 4.31. The third-order valence-electron chi connectivity index (χ3n) is 2.87. The molecule has 2 rings (SSSR count). The fourth-order valence-corrected chi connectivity index (χ4v) is 2.85. The number of hydrogen-bond donors (Lipinski definition) is 1. The molecule has 0 fully saturated rings. The minimum Gasteiger partial charge on any atom is -0.444 e. The van der Waals surface area contributed by atoms with Gasteiger partial charge in [0, 0.05) is 5.69 Å². The van der Waals surface area contributed by atoms with E-state index in [4.69, 9.17) is 10.00 Å². The van der Waals surface area contributed by atoms with Gasteiger partial charge in [0.05, 0.1) is 10.5 Å². The topological polar surface area (TPSA) is 96.3 Å². The summed E-state index contributed by atoms with van der Waals surface area (Å²) in [6.07, 6.45) is -0.882. The van der Waals surface area contributed by atoms with Crippen molar-refractivity contribution in [2.45, 2.75) is 17.9 Å². The van der Waals surface area contributed by atoms with Crippen LogP contribution >= 0.6 is 0 Å². The van der Waals surface area contributed by atoms with Crippen molar-refractivity contribution in [1.29, 1.82) is 5.26 Å². The van der Waals surface area contributed by atoms with Crippen LogP contribution in [0.5, 0.6) is 0 Å². The first-order chi connectivity index (χ1) is 10.9. The number of anilines is 1. The molecule has 0 saturated heterocycles. The van der Waals surface area contributed by atoms with Crippen molar-refractivity contribution in [1.82, 2.24) is 0 Å². The number of ether oxygens (including phenoxy) is 1. The number of hydrogen-bond acceptors (Lipinski definition) is 5. The maximum absolute atomic E-state index is 12.2. The monoisotopic (exact) mass is 330 g/mol. The van der Waals surface area contributed by atoms with E-state index in [2.05, 4.69) is 4.72 Å². The Labute approximate surface area is 134 Å². The molecule has 6 nitrogen and oxygen atoms in total. The molecule has 0 unspecified atom stereocenters. The lowest BCUT2D eigenvalue weighted by Crippen LogP contribution is -2.15. The molecular weight excluding hydrogens is 316 g/mol. The van der Waals surface area contributed by atoms with E-state index in [1.165, 1.54) is 43.3 Å². The molecule has 1 atom stereocenters. The van der Waals surface area contributed by atoms with Crippen molar-refractivity contribution in [3.63, 3.8) is 0 Å². The minimum absolute atomic E-state index is 0.117. The molecule has 0 bridgehead atoms. The van der Waals surface area contributed by atoms with Crippen molar-refractivity contribution in [3.8, 4) is 6.07 Å². The van der Waals surface area contributed by atoms with Gasteiger partial charge >= 0.3 is 5.97 Å². The zero-order chi connectivity index (χ0) is 16.9. The van der Waals surface area contributed by atoms with Crippen molar-refractivity contribution in [3.05, 3.63) is 60.2 Å². The molecule has 1 N–H and O–H groups in total. The molecule has 7 heteroatoms. The smallest absolute Gasteiger partial charge is 0.339 e. The first kappa shape index (κ1) is 16.5. The summed E-state index contributed by atoms with van der Waals surface area (Å²) >= 11 is 0. The van der Waals surface area contributed by atoms with Gasteiger partial charge < -0.3 is 4.74 Å². The van der Waals surface area contributed by atoms with E-state index in [1.807, 2.05) is 0 Å². The van der Waals surface area contributed by atoms with Gasteiger partial charge in [0.1, 0.15) is 6.07 Å². The summed E-state index contributed by atoms with van der Waals surface area (Å²) in [5, 5.41) is 8.65. The third-order valence-corrected chi connectivity index (χ3v) is 4.27. The van der Waals surface area contributed by atoms with Crippen molar-refractivity contribution in [2.24, 2.45) is 0 Å². The van der Waals surface area contributed by atoms with Crippen LogP contribution in [0, 0.1) is 11.3 Å². The Hall–Kier alpha value is -2.85. The van der Waals surface area contributed by atoms with E-state index in [0.29, 0.717) is 0 Å². The lowest BCUT2D eigenvalue weighted by molar-refractivity contribution is 0.0435. The summed E-state index contributed by atoms with van der Waals surface area (Å²) in [6.45, 7) is 1.44. The second-order valence-electron chi connectivity index (χ2n) is 4.68. The highest BCUT2D eigenvalue weighted by Gasteiger charge is 2.16. The molecule has 118 valence electrons. The van der Waals surface area contributed by atoms with E-state index in [1.54, 1.807) is 24.3 Å². The first-order valence-corrected chi connectivity index (χ1v) is 8.19. The quantitative estimate of drug-likeness (QED) is 0.850. The standard InChI is InChI=1S/C16H14N2O4S/c1-12(11-17)22-16(19)13-6-5-7-14(10-13)18-23(20,21)15-8-3-2-4-9-15/h2-10,12,18H,1H3/t12-/m0/s1. The molecular formula is C16H14N2O4S. The summed E-state index contributed by atoms with van der Waals surface area (Å²) in [7, 11) is -3.74. The molecule has 0 aliphatic carbocycles. The highest BCUT2D eigenvalue weighted by Crippen LogP contribution is 2.17. The second kappa shape index (κ2) is 6.94. The Bertz CT molecular complexity index is 842. The average molecular weight is 330 g/mol. The Balaban J connectivity index is 2.21. The van der Waals surface area contributed by atoms with Crippen LogP contribution in [-0.4, -0.2) is 20.5 Å². The molecule has 0 heterocycles. The molecule has 2 aromatic rings. The van der Waals surface area contributed by atoms with E-state index in [0.717, 1.165) is 0 Å². The SMILES string of the molecule is C[C@@H](C#N)OC(=O)c1cccc(NS(=O)(=O)c2ccccc2)c1. The van der Waals surface area contributed by atoms with Gasteiger partial charge in [-0.3, -0.25) is 4.72 Å². The number of rotatable bonds is 5. The van der Waals surface area contributed by atoms with Crippen LogP contribution in [0.25, 0.3) is 0 Å². The van der Waals surface area contributed by atoms with Crippen molar-refractivity contribution < 1.29 is 17.9 Å². The van der Waals surface area contributed by atoms with Gasteiger partial charge in [0.15, 0.2) is 6.10 Å². The zero-order valence-corrected chi connectivity index (χ0v) is 13.1. The van der Waals surface area contributed by atoms with Gasteiger partial charge in [0.2, 0.25) is 0 Å². The Kier molecular flexibility index (Phi) is 4.98. The van der Waals surface area contributed by atoms with Crippen molar-refractivity contribution in [2.75, 3.05) is 4.72 Å². The largest absolute Gasteiger partial charge is 0.444 e. The summed E-state index contributed by atoms with van der Waals surface area (Å²) < 4.78 is 31.7. The zero-order valence-electron chi connectivity index (χ0n) is 12.3. The predicted octanol–water partition coefficient (Wildman–Crippen LogP) is 2.56. The number of carbonyl (C=O) groups excluding carboxylic acids is 1. The number of carbonyl (C=O) groups is 1. The molecule has 0 aromatic heterocycles. The Morgan fingerprint density at radius 3 is 2.52 bits per heavy atom. The summed E-state index contributed by atoms with van der Waals surface area (Å²) in [5.74, 6) is -0.695. The van der Waals surface area contributed by atoms with Crippen LogP contribution < -0.4 is 4.72 Å². The molecule has 0 aliphatic rings. The summed E-state index contributed by atoms with van der Waals surface area (Å²) in [5.41, 5.74) is 0.383. The number of sulfonamides is 1. The van der Waals surface area contributed by atoms with Crippen LogP contribution in [0.4, 0.5) is 5.69 Å². The number of nitriles is 1. The molecule has 0 saturated carbocycles. The van der Waals surface area contributed by atoms with Gasteiger partial charge in [-0.2, -0.15) is 5.26 Å². The molecule has 2 aromatic carbocycles. The molecule has 0 amide bonds. The molecule has 0 radical (unpaired) electrons. The number of nitrogens with one attached hydrogen (secondary N) is 1. The van der Waals surface area contributed by atoms with E-state index in [9.17, 15) is 13.2 Å². The number of esters is 1. The maximum atomic E-state index is 12.2. The predicted molar refractivity (Wildman–Crippen MR) is 84.2 cm³/mol. The van der Waals surface area contributed by atoms with Gasteiger partial charge in [-0.25, -0.2) is 13.2 Å². The van der Waals surface area contributed by atoms with Gasteiger partial charge in [0.25, 0.3) is 10.0 Å². The average Bonchev–Trinajstić information content (AvgIpc) is 2.55. The van der Waals surface area contributed by atoms with Crippen LogP contribution in [-0.2, 0) is 14.8 Å². The fraction of sp³-hybridized carbons (Fsp3) is 0.125. The van der Waals surface area contributed by atoms with Gasteiger partial charge in [-0.1, -0.05) is 24.3 Å². The highest BCUT2D eigenvalue weighted by atomic mass is 32.2. The molecule has 0 spiro atoms. The van der Waals surface area contributed by atoms with Crippen molar-refractivity contribution >= 4 is 21.7 Å². The number of nitrogens with zero attached hydrogens (tertiary/aromatic N) is 1. The van der Waals surface area contributed by atoms with Gasteiger partial charge in [-0.05, 0) is 37.3 Å². The Morgan fingerprint density at radius 1 is 1.17 bits per heavy atom. The van der Waals surface area contributed by atoms with E-state index < -0.39 is 22.1 Å². The van der Waals surface area contributed by atoms with Crippen LogP contribution in [0.3, 0.4) is 0 Å². The lowest BCUT2D eigenvalue weighted by Gasteiger charge is -2.10. The van der Waals surface area contributed by atoms with Gasteiger partial charge in [-0.15, -0.1) is 0 Å². The highest BCUT2D eigenvalue weighted by molar-refractivity contribution is 7.92. The lowest BCUT2D eigenvalue weighted by atomic mass is 10.2. The van der Waals surface area contributed by atoms with Crippen LogP contribution in [0.15, 0.2) is 59.5 Å². The van der Waals surface area contributed by atoms with E-state index >= 15 is 0 Å². The molecule has 0 aliphatic heterocycles. The fourth-order valence-electron chi connectivity index (χ4n) is 1.78. The minimum atomic E-state index is -3.74. The molecule has 23 heavy (non-hydrogen) atoms. The summed E-state index contributed by atoms with van der Waals surface area (Å²) in [6, 6.07) is 15.5. The van der Waals surface area contributed by atoms with E-state index in [-0.39, 0.29) is 16.1 Å². The first-order valence-electron chi connectivity index (χ1n) is 6.71.